The molecular formula is C13H17Cl2FN2O. The van der Waals surface area contributed by atoms with Gasteiger partial charge in [0.2, 0.25) is 0 Å². The zero-order valence-corrected chi connectivity index (χ0v) is 12.0. The van der Waals surface area contributed by atoms with Gasteiger partial charge in [-0.2, -0.15) is 0 Å². The SMILES string of the molecule is Cl.NCC1(NC(=O)c2ccc(F)c(Cl)c2)CCCC1. The van der Waals surface area contributed by atoms with Gasteiger partial charge in [0.25, 0.3) is 5.91 Å². The third-order valence-corrected chi connectivity index (χ3v) is 3.80. The second-order valence-electron chi connectivity index (χ2n) is 4.77. The Morgan fingerprint density at radius 3 is 2.58 bits per heavy atom. The van der Waals surface area contributed by atoms with E-state index in [-0.39, 0.29) is 28.9 Å². The summed E-state index contributed by atoms with van der Waals surface area (Å²) in [7, 11) is 0. The van der Waals surface area contributed by atoms with Crippen LogP contribution in [0, 0.1) is 5.82 Å². The van der Waals surface area contributed by atoms with Gasteiger partial charge in [-0.3, -0.25) is 4.79 Å². The molecule has 106 valence electrons. The van der Waals surface area contributed by atoms with Crippen molar-refractivity contribution >= 4 is 29.9 Å². The van der Waals surface area contributed by atoms with Gasteiger partial charge in [-0.15, -0.1) is 12.4 Å². The van der Waals surface area contributed by atoms with E-state index >= 15 is 0 Å². The number of benzene rings is 1. The second kappa shape index (κ2) is 6.55. The molecule has 2 rings (SSSR count). The van der Waals surface area contributed by atoms with E-state index in [4.69, 9.17) is 17.3 Å². The molecule has 0 spiro atoms. The molecule has 0 heterocycles. The average Bonchev–Trinajstić information content (AvgIpc) is 2.82. The van der Waals surface area contributed by atoms with Gasteiger partial charge in [0.1, 0.15) is 5.82 Å². The highest BCUT2D eigenvalue weighted by Gasteiger charge is 2.34. The van der Waals surface area contributed by atoms with Crippen LogP contribution < -0.4 is 11.1 Å². The number of hydrogen-bond donors (Lipinski definition) is 2. The maximum atomic E-state index is 13.0. The van der Waals surface area contributed by atoms with Gasteiger partial charge in [0.05, 0.1) is 10.6 Å². The van der Waals surface area contributed by atoms with Crippen molar-refractivity contribution in [3.05, 3.63) is 34.6 Å². The number of carbonyl (C=O) groups is 1. The molecule has 6 heteroatoms. The van der Waals surface area contributed by atoms with Gasteiger partial charge >= 0.3 is 0 Å². The van der Waals surface area contributed by atoms with E-state index in [1.807, 2.05) is 0 Å². The first kappa shape index (κ1) is 16.2. The Hall–Kier alpha value is -0.840. The van der Waals surface area contributed by atoms with Crippen molar-refractivity contribution in [1.29, 1.82) is 0 Å². The molecule has 1 amide bonds. The van der Waals surface area contributed by atoms with Crippen LogP contribution in [-0.2, 0) is 0 Å². The molecule has 1 fully saturated rings. The van der Waals surface area contributed by atoms with Gasteiger partial charge < -0.3 is 11.1 Å². The van der Waals surface area contributed by atoms with E-state index in [1.165, 1.54) is 18.2 Å². The lowest BCUT2D eigenvalue weighted by Gasteiger charge is -2.28. The number of amides is 1. The summed E-state index contributed by atoms with van der Waals surface area (Å²) in [5.41, 5.74) is 5.80. The molecule has 0 bridgehead atoms. The van der Waals surface area contributed by atoms with Crippen LogP contribution in [0.15, 0.2) is 18.2 Å². The Labute approximate surface area is 123 Å². The number of halogens is 3. The summed E-state index contributed by atoms with van der Waals surface area (Å²) >= 11 is 5.66. The van der Waals surface area contributed by atoms with E-state index in [0.29, 0.717) is 12.1 Å². The second-order valence-corrected chi connectivity index (χ2v) is 5.18. The zero-order chi connectivity index (χ0) is 13.2. The van der Waals surface area contributed by atoms with Crippen molar-refractivity contribution < 1.29 is 9.18 Å². The van der Waals surface area contributed by atoms with E-state index in [9.17, 15) is 9.18 Å². The van der Waals surface area contributed by atoms with Crippen LogP contribution in [0.5, 0.6) is 0 Å². The monoisotopic (exact) mass is 306 g/mol. The van der Waals surface area contributed by atoms with Crippen molar-refractivity contribution in [3.8, 4) is 0 Å². The summed E-state index contributed by atoms with van der Waals surface area (Å²) in [6.45, 7) is 0.424. The Morgan fingerprint density at radius 1 is 1.42 bits per heavy atom. The van der Waals surface area contributed by atoms with E-state index in [2.05, 4.69) is 5.32 Å². The molecule has 3 N–H and O–H groups in total. The van der Waals surface area contributed by atoms with Gasteiger partial charge in [-0.1, -0.05) is 24.4 Å². The fourth-order valence-electron chi connectivity index (χ4n) is 2.38. The van der Waals surface area contributed by atoms with Gasteiger partial charge in [-0.25, -0.2) is 4.39 Å². The Bertz CT molecular complexity index is 462. The first-order chi connectivity index (χ1) is 8.56. The van der Waals surface area contributed by atoms with Crippen LogP contribution in [0.4, 0.5) is 4.39 Å². The first-order valence-electron chi connectivity index (χ1n) is 6.04. The number of hydrogen-bond acceptors (Lipinski definition) is 2. The molecule has 0 aromatic heterocycles. The minimum absolute atomic E-state index is 0. The quantitative estimate of drug-likeness (QED) is 0.902. The lowest BCUT2D eigenvalue weighted by Crippen LogP contribution is -2.51. The van der Waals surface area contributed by atoms with Crippen molar-refractivity contribution in [3.63, 3.8) is 0 Å². The Morgan fingerprint density at radius 2 is 2.05 bits per heavy atom. The molecule has 1 aliphatic rings. The molecule has 1 saturated carbocycles. The van der Waals surface area contributed by atoms with Crippen molar-refractivity contribution in [2.75, 3.05) is 6.54 Å². The summed E-state index contributed by atoms with van der Waals surface area (Å²) in [6.07, 6.45) is 3.93. The summed E-state index contributed by atoms with van der Waals surface area (Å²) in [4.78, 5) is 12.1. The maximum Gasteiger partial charge on any atom is 0.251 e. The molecule has 1 aromatic carbocycles. The Kier molecular flexibility index (Phi) is 5.59. The molecule has 3 nitrogen and oxygen atoms in total. The van der Waals surface area contributed by atoms with Crippen LogP contribution in [0.25, 0.3) is 0 Å². The minimum atomic E-state index is -0.525. The summed E-state index contributed by atoms with van der Waals surface area (Å²) in [6, 6.07) is 3.96. The van der Waals surface area contributed by atoms with Crippen LogP contribution in [0.2, 0.25) is 5.02 Å². The van der Waals surface area contributed by atoms with Crippen LogP contribution in [-0.4, -0.2) is 18.0 Å². The number of nitrogens with two attached hydrogens (primary N) is 1. The molecule has 1 aliphatic carbocycles. The number of carbonyl (C=O) groups excluding carboxylic acids is 1. The average molecular weight is 307 g/mol. The van der Waals surface area contributed by atoms with Crippen LogP contribution in [0.1, 0.15) is 36.0 Å². The van der Waals surface area contributed by atoms with E-state index in [0.717, 1.165) is 25.7 Å². The minimum Gasteiger partial charge on any atom is -0.345 e. The van der Waals surface area contributed by atoms with Crippen molar-refractivity contribution in [1.82, 2.24) is 5.32 Å². The topological polar surface area (TPSA) is 55.1 Å². The zero-order valence-electron chi connectivity index (χ0n) is 10.4. The highest BCUT2D eigenvalue weighted by atomic mass is 35.5. The third-order valence-electron chi connectivity index (χ3n) is 3.51. The maximum absolute atomic E-state index is 13.0. The fraction of sp³-hybridized carbons (Fsp3) is 0.462. The lowest BCUT2D eigenvalue weighted by molar-refractivity contribution is 0.0903. The molecule has 0 unspecified atom stereocenters. The highest BCUT2D eigenvalue weighted by molar-refractivity contribution is 6.31. The van der Waals surface area contributed by atoms with E-state index < -0.39 is 5.82 Å². The Balaban J connectivity index is 0.00000180. The number of rotatable bonds is 3. The third kappa shape index (κ3) is 3.59. The molecule has 19 heavy (non-hydrogen) atoms. The van der Waals surface area contributed by atoms with Crippen molar-refractivity contribution in [2.45, 2.75) is 31.2 Å². The highest BCUT2D eigenvalue weighted by Crippen LogP contribution is 2.29. The summed E-state index contributed by atoms with van der Waals surface area (Å²) in [5, 5.41) is 2.91. The van der Waals surface area contributed by atoms with Crippen LogP contribution in [0.3, 0.4) is 0 Å². The molecule has 0 saturated heterocycles. The standard InChI is InChI=1S/C13H16ClFN2O.ClH/c14-10-7-9(3-4-11(10)15)12(18)17-13(8-16)5-1-2-6-13;/h3-4,7H,1-2,5-6,8,16H2,(H,17,18);1H. The van der Waals surface area contributed by atoms with Crippen LogP contribution >= 0.6 is 24.0 Å². The molecule has 0 radical (unpaired) electrons. The van der Waals surface area contributed by atoms with Gasteiger partial charge in [0, 0.05) is 12.1 Å². The van der Waals surface area contributed by atoms with Gasteiger partial charge in [0.15, 0.2) is 0 Å². The largest absolute Gasteiger partial charge is 0.345 e. The normalized spacial score (nSPS) is 16.8. The lowest BCUT2D eigenvalue weighted by atomic mass is 9.97. The molecule has 1 aromatic rings. The van der Waals surface area contributed by atoms with Crippen molar-refractivity contribution in [2.24, 2.45) is 5.73 Å². The molecular weight excluding hydrogens is 290 g/mol. The summed E-state index contributed by atoms with van der Waals surface area (Å²) in [5.74, 6) is -0.771. The van der Waals surface area contributed by atoms with E-state index in [1.54, 1.807) is 0 Å². The molecule has 0 atom stereocenters. The predicted molar refractivity (Wildman–Crippen MR) is 76.4 cm³/mol. The molecule has 0 aliphatic heterocycles. The first-order valence-corrected chi connectivity index (χ1v) is 6.42. The number of nitrogens with one attached hydrogen (secondary N) is 1. The predicted octanol–water partition coefficient (Wildman–Crippen LogP) is 2.90. The van der Waals surface area contributed by atoms with Gasteiger partial charge in [-0.05, 0) is 31.0 Å². The summed E-state index contributed by atoms with van der Waals surface area (Å²) < 4.78 is 13.0. The fourth-order valence-corrected chi connectivity index (χ4v) is 2.56. The smallest absolute Gasteiger partial charge is 0.251 e.